The maximum absolute atomic E-state index is 10.9. The van der Waals surface area contributed by atoms with E-state index in [0.717, 1.165) is 0 Å². The number of halogens is 1. The Morgan fingerprint density at radius 1 is 1.43 bits per heavy atom. The van der Waals surface area contributed by atoms with Gasteiger partial charge >= 0.3 is 0 Å². The van der Waals surface area contributed by atoms with Crippen LogP contribution in [0.3, 0.4) is 0 Å². The normalized spacial score (nSPS) is 20.6. The fourth-order valence-corrected chi connectivity index (χ4v) is 2.01. The first kappa shape index (κ1) is 11.7. The lowest BCUT2D eigenvalue weighted by Gasteiger charge is -2.28. The molecule has 4 nitrogen and oxygen atoms in total. The zero-order chi connectivity index (χ0) is 10.8. The van der Waals surface area contributed by atoms with Gasteiger partial charge in [0.25, 0.3) is 9.05 Å². The molecule has 0 radical (unpaired) electrons. The molecule has 6 heteroatoms. The van der Waals surface area contributed by atoms with E-state index in [4.69, 9.17) is 20.2 Å². The molecule has 0 saturated heterocycles. The first-order valence-corrected chi connectivity index (χ1v) is 6.19. The fraction of sp³-hybridized carbons (Fsp3) is 0.500. The van der Waals surface area contributed by atoms with Gasteiger partial charge in [-0.2, -0.15) is 0 Å². The minimum atomic E-state index is -3.66. The number of hydrogen-bond acceptors (Lipinski definition) is 4. The van der Waals surface area contributed by atoms with Crippen molar-refractivity contribution in [1.82, 2.24) is 0 Å². The second kappa shape index (κ2) is 4.02. The SMILES string of the molecule is COC1(OC)C=CC(S(=O)(=O)Cl)=CC1. The number of ether oxygens (including phenoxy) is 2. The molecular weight excluding hydrogens is 228 g/mol. The molecule has 0 aliphatic heterocycles. The lowest BCUT2D eigenvalue weighted by atomic mass is 10.1. The van der Waals surface area contributed by atoms with Crippen LogP contribution in [0.2, 0.25) is 0 Å². The topological polar surface area (TPSA) is 52.6 Å². The molecule has 0 aromatic rings. The maximum atomic E-state index is 10.9. The van der Waals surface area contributed by atoms with Crippen molar-refractivity contribution >= 4 is 19.7 Å². The molecule has 0 fully saturated rings. The molecule has 0 atom stereocenters. The molecule has 0 saturated carbocycles. The largest absolute Gasteiger partial charge is 0.349 e. The van der Waals surface area contributed by atoms with Crippen LogP contribution >= 0.6 is 10.7 Å². The van der Waals surface area contributed by atoms with Crippen LogP contribution < -0.4 is 0 Å². The molecular formula is C8H11ClO4S. The quantitative estimate of drug-likeness (QED) is 0.551. The van der Waals surface area contributed by atoms with E-state index in [1.165, 1.54) is 32.4 Å². The van der Waals surface area contributed by atoms with Crippen LogP contribution in [0.4, 0.5) is 0 Å². The van der Waals surface area contributed by atoms with Crippen LogP contribution in [0.25, 0.3) is 0 Å². The number of methoxy groups -OCH3 is 2. The summed E-state index contributed by atoms with van der Waals surface area (Å²) < 4.78 is 32.1. The molecule has 1 aliphatic rings. The molecule has 0 aromatic carbocycles. The summed E-state index contributed by atoms with van der Waals surface area (Å²) in [6.07, 6.45) is 4.69. The molecule has 14 heavy (non-hydrogen) atoms. The summed E-state index contributed by atoms with van der Waals surface area (Å²) in [5, 5.41) is 0. The van der Waals surface area contributed by atoms with E-state index in [2.05, 4.69) is 0 Å². The minimum absolute atomic E-state index is 0.0730. The third-order valence-corrected chi connectivity index (χ3v) is 3.46. The van der Waals surface area contributed by atoms with Crippen LogP contribution in [0.5, 0.6) is 0 Å². The van der Waals surface area contributed by atoms with Gasteiger partial charge in [-0.1, -0.05) is 6.08 Å². The van der Waals surface area contributed by atoms with Gasteiger partial charge in [0.05, 0.1) is 4.91 Å². The number of allylic oxidation sites excluding steroid dienone is 1. The monoisotopic (exact) mass is 238 g/mol. The van der Waals surface area contributed by atoms with Crippen molar-refractivity contribution in [3.63, 3.8) is 0 Å². The van der Waals surface area contributed by atoms with Crippen molar-refractivity contribution < 1.29 is 17.9 Å². The Labute approximate surface area is 87.6 Å². The van der Waals surface area contributed by atoms with E-state index >= 15 is 0 Å². The Balaban J connectivity index is 2.91. The van der Waals surface area contributed by atoms with Crippen LogP contribution in [0, 0.1) is 0 Å². The summed E-state index contributed by atoms with van der Waals surface area (Å²) in [6, 6.07) is 0. The number of hydrogen-bond donors (Lipinski definition) is 0. The van der Waals surface area contributed by atoms with E-state index in [-0.39, 0.29) is 4.91 Å². The van der Waals surface area contributed by atoms with Gasteiger partial charge in [-0.3, -0.25) is 0 Å². The molecule has 0 spiro atoms. The highest BCUT2D eigenvalue weighted by molar-refractivity contribution is 8.17. The van der Waals surface area contributed by atoms with Crippen molar-refractivity contribution in [3.05, 3.63) is 23.1 Å². The third-order valence-electron chi connectivity index (χ3n) is 2.06. The van der Waals surface area contributed by atoms with Crippen LogP contribution in [-0.2, 0) is 18.5 Å². The maximum Gasteiger partial charge on any atom is 0.260 e. The van der Waals surface area contributed by atoms with E-state index in [1.807, 2.05) is 0 Å². The molecule has 0 aromatic heterocycles. The molecule has 0 bridgehead atoms. The predicted molar refractivity (Wildman–Crippen MR) is 53.4 cm³/mol. The Morgan fingerprint density at radius 2 is 2.00 bits per heavy atom. The van der Waals surface area contributed by atoms with Gasteiger partial charge in [0.1, 0.15) is 0 Å². The van der Waals surface area contributed by atoms with Gasteiger partial charge in [0.15, 0.2) is 5.79 Å². The zero-order valence-electron chi connectivity index (χ0n) is 7.86. The van der Waals surface area contributed by atoms with Crippen LogP contribution in [-0.4, -0.2) is 28.4 Å². The first-order chi connectivity index (χ1) is 6.43. The highest BCUT2D eigenvalue weighted by Gasteiger charge is 2.29. The summed E-state index contributed by atoms with van der Waals surface area (Å²) >= 11 is 0. The standard InChI is InChI=1S/C8H11ClO4S/c1-12-8(13-2)5-3-7(4-6-8)14(9,10)11/h3-5H,6H2,1-2H3. The summed E-state index contributed by atoms with van der Waals surface area (Å²) in [6.45, 7) is 0. The van der Waals surface area contributed by atoms with Gasteiger partial charge in [0.2, 0.25) is 0 Å². The highest BCUT2D eigenvalue weighted by atomic mass is 35.7. The van der Waals surface area contributed by atoms with E-state index in [9.17, 15) is 8.42 Å². The summed E-state index contributed by atoms with van der Waals surface area (Å²) in [4.78, 5) is 0.0730. The molecule has 0 N–H and O–H groups in total. The summed E-state index contributed by atoms with van der Waals surface area (Å²) in [7, 11) is 4.48. The Hall–Kier alpha value is -0.360. The lowest BCUT2D eigenvalue weighted by Crippen LogP contribution is -2.32. The minimum Gasteiger partial charge on any atom is -0.349 e. The van der Waals surface area contributed by atoms with Crippen LogP contribution in [0.15, 0.2) is 23.1 Å². The summed E-state index contributed by atoms with van der Waals surface area (Å²) in [5.41, 5.74) is 0. The number of rotatable bonds is 3. The molecule has 0 unspecified atom stereocenters. The van der Waals surface area contributed by atoms with Gasteiger partial charge in [-0.25, -0.2) is 8.42 Å². The average molecular weight is 239 g/mol. The second-order valence-electron chi connectivity index (χ2n) is 2.80. The fourth-order valence-electron chi connectivity index (χ4n) is 1.15. The van der Waals surface area contributed by atoms with Crippen LogP contribution in [0.1, 0.15) is 6.42 Å². The first-order valence-electron chi connectivity index (χ1n) is 3.88. The van der Waals surface area contributed by atoms with Gasteiger partial charge < -0.3 is 9.47 Å². The van der Waals surface area contributed by atoms with Gasteiger partial charge in [-0.05, 0) is 12.2 Å². The molecule has 1 rings (SSSR count). The van der Waals surface area contributed by atoms with E-state index in [1.54, 1.807) is 0 Å². The Kier molecular flexibility index (Phi) is 3.36. The van der Waals surface area contributed by atoms with Crippen molar-refractivity contribution in [2.75, 3.05) is 14.2 Å². The lowest BCUT2D eigenvalue weighted by molar-refractivity contribution is -0.167. The van der Waals surface area contributed by atoms with Crippen molar-refractivity contribution in [2.45, 2.75) is 12.2 Å². The molecule has 1 aliphatic carbocycles. The third kappa shape index (κ3) is 2.36. The summed E-state index contributed by atoms with van der Waals surface area (Å²) in [5.74, 6) is -0.870. The molecule has 0 heterocycles. The Morgan fingerprint density at radius 3 is 2.29 bits per heavy atom. The predicted octanol–water partition coefficient (Wildman–Crippen LogP) is 1.39. The second-order valence-corrected chi connectivity index (χ2v) is 5.37. The van der Waals surface area contributed by atoms with Crippen molar-refractivity contribution in [1.29, 1.82) is 0 Å². The van der Waals surface area contributed by atoms with Gasteiger partial charge in [-0.15, -0.1) is 0 Å². The Bertz CT molecular complexity index is 365. The van der Waals surface area contributed by atoms with Crippen molar-refractivity contribution in [2.24, 2.45) is 0 Å². The van der Waals surface area contributed by atoms with E-state index in [0.29, 0.717) is 6.42 Å². The molecule has 0 amide bonds. The van der Waals surface area contributed by atoms with E-state index < -0.39 is 14.8 Å². The smallest absolute Gasteiger partial charge is 0.260 e. The highest BCUT2D eigenvalue weighted by Crippen LogP contribution is 2.28. The zero-order valence-corrected chi connectivity index (χ0v) is 9.43. The van der Waals surface area contributed by atoms with Gasteiger partial charge in [0, 0.05) is 31.3 Å². The molecule has 80 valence electrons. The average Bonchev–Trinajstić information content (AvgIpc) is 2.16. The van der Waals surface area contributed by atoms with Crippen molar-refractivity contribution in [3.8, 4) is 0 Å².